The summed E-state index contributed by atoms with van der Waals surface area (Å²) in [5.41, 5.74) is 0.561. The van der Waals surface area contributed by atoms with Crippen LogP contribution in [0.4, 0.5) is 0 Å². The van der Waals surface area contributed by atoms with E-state index in [9.17, 15) is 24.0 Å². The molecule has 36 heavy (non-hydrogen) atoms. The Kier molecular flexibility index (Phi) is 8.30. The first-order chi connectivity index (χ1) is 17.0. The quantitative estimate of drug-likeness (QED) is 0.401. The van der Waals surface area contributed by atoms with Crippen molar-refractivity contribution in [1.29, 1.82) is 0 Å². The highest BCUT2D eigenvalue weighted by atomic mass is 16.7. The average Bonchev–Trinajstić information content (AvgIpc) is 3.14. The van der Waals surface area contributed by atoms with E-state index in [-0.39, 0.29) is 18.3 Å². The molecule has 0 aliphatic carbocycles. The fraction of sp³-hybridized carbons (Fsp3) is 0.458. The molecule has 0 radical (unpaired) electrons. The van der Waals surface area contributed by atoms with Crippen LogP contribution in [0.1, 0.15) is 39.4 Å². The van der Waals surface area contributed by atoms with Gasteiger partial charge in [0.05, 0.1) is 11.7 Å². The first-order valence-electron chi connectivity index (χ1n) is 11.1. The Bertz CT molecular complexity index is 1170. The van der Waals surface area contributed by atoms with Crippen LogP contribution in [0.15, 0.2) is 30.5 Å². The second-order valence-corrected chi connectivity index (χ2v) is 8.09. The molecular formula is C24H27NO11. The summed E-state index contributed by atoms with van der Waals surface area (Å²) in [6.07, 6.45) is -5.16. The maximum absolute atomic E-state index is 12.1. The monoisotopic (exact) mass is 505 g/mol. The summed E-state index contributed by atoms with van der Waals surface area (Å²) in [5.74, 6) is -2.94. The number of hydrogen-bond donors (Lipinski definition) is 0. The third kappa shape index (κ3) is 6.19. The molecular weight excluding hydrogens is 478 g/mol. The van der Waals surface area contributed by atoms with Gasteiger partial charge in [-0.25, -0.2) is 0 Å². The van der Waals surface area contributed by atoms with Gasteiger partial charge in [0.25, 0.3) is 0 Å². The number of esters is 4. The predicted molar refractivity (Wildman–Crippen MR) is 121 cm³/mol. The van der Waals surface area contributed by atoms with E-state index >= 15 is 0 Å². The van der Waals surface area contributed by atoms with E-state index in [4.69, 9.17) is 28.4 Å². The van der Waals surface area contributed by atoms with E-state index in [1.807, 2.05) is 0 Å². The zero-order valence-corrected chi connectivity index (χ0v) is 20.4. The van der Waals surface area contributed by atoms with E-state index in [1.165, 1.54) is 24.6 Å². The molecule has 12 heteroatoms. The number of rotatable bonds is 7. The molecule has 1 aliphatic rings. The third-order valence-electron chi connectivity index (χ3n) is 5.21. The van der Waals surface area contributed by atoms with Crippen molar-refractivity contribution >= 4 is 40.7 Å². The minimum atomic E-state index is -1.41. The predicted octanol–water partition coefficient (Wildman–Crippen LogP) is 1.76. The summed E-state index contributed by atoms with van der Waals surface area (Å²) in [5, 5.41) is 0.556. The SMILES string of the molecule is CC(=O)OC[C@@H]1O[C@H](Oc2cn(C(C)=O)c3ccccc23)[C@H](OC(C)=O)[C@H](OC(C)=O)[C@H]1OC(C)=O. The van der Waals surface area contributed by atoms with Gasteiger partial charge in [-0.1, -0.05) is 12.1 Å². The Morgan fingerprint density at radius 1 is 0.806 bits per heavy atom. The number of nitrogens with zero attached hydrogens (tertiary/aromatic N) is 1. The van der Waals surface area contributed by atoms with Crippen molar-refractivity contribution in [3.05, 3.63) is 30.5 Å². The zero-order valence-electron chi connectivity index (χ0n) is 20.4. The van der Waals surface area contributed by atoms with Gasteiger partial charge in [0.1, 0.15) is 18.5 Å². The largest absolute Gasteiger partial charge is 0.463 e. The van der Waals surface area contributed by atoms with E-state index in [2.05, 4.69) is 0 Å². The van der Waals surface area contributed by atoms with Crippen LogP contribution in [0.2, 0.25) is 0 Å². The Morgan fingerprint density at radius 3 is 1.97 bits per heavy atom. The highest BCUT2D eigenvalue weighted by Crippen LogP contribution is 2.34. The van der Waals surface area contributed by atoms with Gasteiger partial charge in [-0.15, -0.1) is 0 Å². The zero-order chi connectivity index (χ0) is 26.6. The minimum Gasteiger partial charge on any atom is -0.463 e. The van der Waals surface area contributed by atoms with Crippen molar-refractivity contribution in [3.8, 4) is 5.75 Å². The van der Waals surface area contributed by atoms with E-state index in [1.54, 1.807) is 24.3 Å². The van der Waals surface area contributed by atoms with Crippen LogP contribution in [-0.2, 0) is 42.9 Å². The van der Waals surface area contributed by atoms with Crippen LogP contribution < -0.4 is 4.74 Å². The Hall–Kier alpha value is -3.93. The van der Waals surface area contributed by atoms with Crippen LogP contribution in [-0.4, -0.2) is 71.7 Å². The number of ether oxygens (including phenoxy) is 6. The number of para-hydroxylation sites is 1. The molecule has 0 amide bonds. The molecule has 1 aliphatic heterocycles. The molecule has 12 nitrogen and oxygen atoms in total. The summed E-state index contributed by atoms with van der Waals surface area (Å²) in [6, 6.07) is 6.93. The highest BCUT2D eigenvalue weighted by molar-refractivity contribution is 5.95. The molecule has 0 saturated carbocycles. The van der Waals surface area contributed by atoms with Gasteiger partial charge in [0, 0.05) is 40.0 Å². The van der Waals surface area contributed by atoms with Crippen molar-refractivity contribution in [2.24, 2.45) is 0 Å². The van der Waals surface area contributed by atoms with Gasteiger partial charge in [0.15, 0.2) is 12.2 Å². The van der Waals surface area contributed by atoms with Crippen LogP contribution in [0.25, 0.3) is 10.9 Å². The summed E-state index contributed by atoms with van der Waals surface area (Å²) in [4.78, 5) is 59.4. The topological polar surface area (TPSA) is 146 Å². The lowest BCUT2D eigenvalue weighted by molar-refractivity contribution is -0.288. The highest BCUT2D eigenvalue weighted by Gasteiger charge is 2.53. The summed E-state index contributed by atoms with van der Waals surface area (Å²) < 4.78 is 34.6. The second kappa shape index (κ2) is 11.2. The third-order valence-corrected chi connectivity index (χ3v) is 5.21. The molecule has 3 rings (SSSR count). The Morgan fingerprint density at radius 2 is 1.39 bits per heavy atom. The van der Waals surface area contributed by atoms with Crippen molar-refractivity contribution in [2.45, 2.75) is 65.3 Å². The first-order valence-corrected chi connectivity index (χ1v) is 11.1. The molecule has 2 heterocycles. The number of fused-ring (bicyclic) bond motifs is 1. The maximum atomic E-state index is 12.1. The minimum absolute atomic E-state index is 0.210. The van der Waals surface area contributed by atoms with Crippen molar-refractivity contribution < 1.29 is 52.4 Å². The number of hydrogen-bond acceptors (Lipinski definition) is 11. The number of benzene rings is 1. The fourth-order valence-electron chi connectivity index (χ4n) is 3.91. The van der Waals surface area contributed by atoms with Crippen molar-refractivity contribution in [3.63, 3.8) is 0 Å². The smallest absolute Gasteiger partial charge is 0.303 e. The molecule has 0 spiro atoms. The number of aromatic nitrogens is 1. The van der Waals surface area contributed by atoms with Crippen LogP contribution in [0, 0.1) is 0 Å². The van der Waals surface area contributed by atoms with Gasteiger partial charge in [-0.3, -0.25) is 28.5 Å². The molecule has 0 N–H and O–H groups in total. The fourth-order valence-corrected chi connectivity index (χ4v) is 3.91. The maximum Gasteiger partial charge on any atom is 0.303 e. The Balaban J connectivity index is 2.07. The number of carbonyl (C=O) groups excluding carboxylic acids is 5. The van der Waals surface area contributed by atoms with E-state index < -0.39 is 54.6 Å². The molecule has 1 aromatic carbocycles. The summed E-state index contributed by atoms with van der Waals surface area (Å²) in [6.45, 7) is 5.57. The molecule has 5 atom stereocenters. The molecule has 1 fully saturated rings. The Labute approximate surface area is 206 Å². The molecule has 1 aromatic heterocycles. The van der Waals surface area contributed by atoms with Gasteiger partial charge >= 0.3 is 23.9 Å². The van der Waals surface area contributed by atoms with Gasteiger partial charge in [-0.2, -0.15) is 0 Å². The van der Waals surface area contributed by atoms with E-state index in [0.717, 1.165) is 20.8 Å². The lowest BCUT2D eigenvalue weighted by Gasteiger charge is -2.43. The lowest BCUT2D eigenvalue weighted by Crippen LogP contribution is -2.63. The van der Waals surface area contributed by atoms with E-state index in [0.29, 0.717) is 10.9 Å². The molecule has 194 valence electrons. The van der Waals surface area contributed by atoms with Gasteiger partial charge < -0.3 is 28.4 Å². The number of carbonyl (C=O) groups is 5. The second-order valence-electron chi connectivity index (χ2n) is 8.09. The molecule has 0 bridgehead atoms. The summed E-state index contributed by atoms with van der Waals surface area (Å²) in [7, 11) is 0. The summed E-state index contributed by atoms with van der Waals surface area (Å²) >= 11 is 0. The molecule has 0 unspecified atom stereocenters. The van der Waals surface area contributed by atoms with Crippen LogP contribution in [0.3, 0.4) is 0 Å². The van der Waals surface area contributed by atoms with Crippen molar-refractivity contribution in [2.75, 3.05) is 6.61 Å². The first kappa shape index (κ1) is 26.7. The standard InChI is InChI=1S/C24H27NO11/c1-12(26)25-10-19(17-8-6-7-9-18(17)25)35-24-23(34-16(5)30)22(33-15(4)29)21(32-14(3)28)20(36-24)11-31-13(2)27/h6-10,20-24H,11H2,1-5H3/t20-,21-,22+,23+,24-/m0/s1. The van der Waals surface area contributed by atoms with Gasteiger partial charge in [-0.05, 0) is 12.1 Å². The van der Waals surface area contributed by atoms with Crippen LogP contribution in [0.5, 0.6) is 5.75 Å². The lowest BCUT2D eigenvalue weighted by atomic mass is 9.98. The van der Waals surface area contributed by atoms with Crippen LogP contribution >= 0.6 is 0 Å². The molecule has 2 aromatic rings. The molecule has 1 saturated heterocycles. The van der Waals surface area contributed by atoms with Crippen molar-refractivity contribution in [1.82, 2.24) is 4.57 Å². The normalized spacial score (nSPS) is 23.4. The average molecular weight is 505 g/mol. The van der Waals surface area contributed by atoms with Gasteiger partial charge in [0.2, 0.25) is 18.3 Å².